The minimum absolute atomic E-state index is 0.117. The Morgan fingerprint density at radius 3 is 2.61 bits per heavy atom. The molecule has 0 saturated carbocycles. The van der Waals surface area contributed by atoms with E-state index in [2.05, 4.69) is 70.7 Å². The van der Waals surface area contributed by atoms with E-state index in [0.717, 1.165) is 0 Å². The monoisotopic (exact) mass is 238 g/mol. The molecule has 0 heteroatoms. The molecule has 0 nitrogen and oxygen atoms in total. The van der Waals surface area contributed by atoms with Crippen molar-refractivity contribution >= 4 is 0 Å². The lowest BCUT2D eigenvalue weighted by Gasteiger charge is -2.43. The third kappa shape index (κ3) is 1.77. The summed E-state index contributed by atoms with van der Waals surface area (Å²) in [4.78, 5) is 0. The van der Waals surface area contributed by atoms with Crippen molar-refractivity contribution in [3.8, 4) is 0 Å². The molecule has 18 heavy (non-hydrogen) atoms. The fourth-order valence-corrected chi connectivity index (χ4v) is 3.20. The van der Waals surface area contributed by atoms with E-state index in [4.69, 9.17) is 0 Å². The van der Waals surface area contributed by atoms with Crippen LogP contribution in [0, 0.1) is 11.3 Å². The van der Waals surface area contributed by atoms with Gasteiger partial charge >= 0.3 is 0 Å². The van der Waals surface area contributed by atoms with E-state index in [-0.39, 0.29) is 5.41 Å². The molecule has 0 amide bonds. The van der Waals surface area contributed by atoms with Gasteiger partial charge in [-0.3, -0.25) is 0 Å². The molecule has 0 heterocycles. The second-order valence-corrected chi connectivity index (χ2v) is 5.54. The van der Waals surface area contributed by atoms with E-state index in [1.54, 1.807) is 0 Å². The molecule has 0 radical (unpaired) electrons. The lowest BCUT2D eigenvalue weighted by atomic mass is 9.60. The molecule has 1 unspecified atom stereocenters. The van der Waals surface area contributed by atoms with Crippen LogP contribution >= 0.6 is 0 Å². The maximum atomic E-state index is 3.87. The predicted molar refractivity (Wildman–Crippen MR) is 80.3 cm³/mol. The van der Waals surface area contributed by atoms with Crippen molar-refractivity contribution in [3.63, 3.8) is 0 Å². The zero-order valence-corrected chi connectivity index (χ0v) is 11.8. The molecule has 2 aliphatic carbocycles. The van der Waals surface area contributed by atoms with Crippen LogP contribution in [0.1, 0.15) is 27.7 Å². The van der Waals surface area contributed by atoms with Gasteiger partial charge in [-0.1, -0.05) is 63.0 Å². The highest BCUT2D eigenvalue weighted by Gasteiger charge is 2.40. The lowest BCUT2D eigenvalue weighted by molar-refractivity contribution is 0.357. The fourth-order valence-electron chi connectivity index (χ4n) is 3.20. The molecule has 2 aliphatic rings. The molecule has 0 aromatic heterocycles. The first-order chi connectivity index (χ1) is 8.54. The summed E-state index contributed by atoms with van der Waals surface area (Å²) in [5.74, 6) is 0.470. The van der Waals surface area contributed by atoms with E-state index in [1.165, 1.54) is 22.3 Å². The van der Waals surface area contributed by atoms with Crippen LogP contribution in [-0.4, -0.2) is 0 Å². The molecule has 94 valence electrons. The first kappa shape index (κ1) is 12.9. The van der Waals surface area contributed by atoms with Gasteiger partial charge in [0.15, 0.2) is 0 Å². The van der Waals surface area contributed by atoms with Crippen molar-refractivity contribution in [2.75, 3.05) is 0 Å². The Hall–Kier alpha value is -1.56. The Morgan fingerprint density at radius 1 is 1.28 bits per heavy atom. The van der Waals surface area contributed by atoms with Gasteiger partial charge in [0.2, 0.25) is 0 Å². The molecule has 0 aromatic carbocycles. The lowest BCUT2D eigenvalue weighted by Crippen LogP contribution is -2.32. The Labute approximate surface area is 111 Å². The normalized spacial score (nSPS) is 29.9. The average Bonchev–Trinajstić information content (AvgIpc) is 2.37. The molecular weight excluding hydrogens is 216 g/mol. The molecule has 0 fully saturated rings. The summed E-state index contributed by atoms with van der Waals surface area (Å²) in [6.07, 6.45) is 15.2. The zero-order chi connectivity index (χ0) is 13.3. The quantitative estimate of drug-likeness (QED) is 0.593. The number of allylic oxidation sites excluding steroid dienone is 11. The van der Waals surface area contributed by atoms with Gasteiger partial charge in [0.05, 0.1) is 0 Å². The van der Waals surface area contributed by atoms with E-state index < -0.39 is 0 Å². The second kappa shape index (κ2) is 4.61. The zero-order valence-electron chi connectivity index (χ0n) is 11.8. The minimum Gasteiger partial charge on any atom is -0.0991 e. The van der Waals surface area contributed by atoms with Crippen molar-refractivity contribution in [1.29, 1.82) is 0 Å². The molecule has 0 aliphatic heterocycles. The molecule has 1 atom stereocenters. The van der Waals surface area contributed by atoms with Crippen LogP contribution in [0.3, 0.4) is 0 Å². The number of hydrogen-bond acceptors (Lipinski definition) is 0. The highest BCUT2D eigenvalue weighted by Crippen LogP contribution is 2.51. The standard InChI is InChI=1S/C18H22/c1-6-10-16-14(7-2)13(3)15-11-8-9-12-17(15)18(16,4)5/h6-12,17H,1H2,2-5H3/b14-7-,16-10+. The molecule has 0 spiro atoms. The summed E-state index contributed by atoms with van der Waals surface area (Å²) in [6, 6.07) is 0. The first-order valence-electron chi connectivity index (χ1n) is 6.60. The maximum Gasteiger partial charge on any atom is 0.0116 e. The second-order valence-electron chi connectivity index (χ2n) is 5.54. The maximum absolute atomic E-state index is 3.87. The number of hydrogen-bond donors (Lipinski definition) is 0. The minimum atomic E-state index is 0.117. The van der Waals surface area contributed by atoms with Crippen LogP contribution < -0.4 is 0 Å². The van der Waals surface area contributed by atoms with Gasteiger partial charge in [-0.2, -0.15) is 0 Å². The van der Waals surface area contributed by atoms with Crippen LogP contribution in [0.2, 0.25) is 0 Å². The Morgan fingerprint density at radius 2 is 2.00 bits per heavy atom. The SMILES string of the molecule is C=C/C=C1\C(=C/C)C(C)=C2C=CC=CC2C1(C)C. The van der Waals surface area contributed by atoms with Crippen molar-refractivity contribution in [2.24, 2.45) is 11.3 Å². The summed E-state index contributed by atoms with van der Waals surface area (Å²) in [7, 11) is 0. The molecule has 0 aromatic rings. The van der Waals surface area contributed by atoms with E-state index in [0.29, 0.717) is 5.92 Å². The van der Waals surface area contributed by atoms with Crippen LogP contribution in [0.5, 0.6) is 0 Å². The smallest absolute Gasteiger partial charge is 0.0116 e. The van der Waals surface area contributed by atoms with E-state index >= 15 is 0 Å². The van der Waals surface area contributed by atoms with Crippen molar-refractivity contribution in [3.05, 3.63) is 71.4 Å². The third-order valence-corrected chi connectivity index (χ3v) is 4.20. The summed E-state index contributed by atoms with van der Waals surface area (Å²) in [6.45, 7) is 12.9. The van der Waals surface area contributed by atoms with Crippen LogP contribution in [0.25, 0.3) is 0 Å². The van der Waals surface area contributed by atoms with Gasteiger partial charge in [0, 0.05) is 11.3 Å². The first-order valence-corrected chi connectivity index (χ1v) is 6.60. The summed E-state index contributed by atoms with van der Waals surface area (Å²) >= 11 is 0. The van der Waals surface area contributed by atoms with Crippen molar-refractivity contribution in [1.82, 2.24) is 0 Å². The van der Waals surface area contributed by atoms with E-state index in [9.17, 15) is 0 Å². The van der Waals surface area contributed by atoms with Gasteiger partial charge in [-0.15, -0.1) is 0 Å². The number of fused-ring (bicyclic) bond motifs is 1. The Bertz CT molecular complexity index is 516. The molecule has 2 rings (SSSR count). The van der Waals surface area contributed by atoms with Crippen molar-refractivity contribution in [2.45, 2.75) is 27.7 Å². The Balaban J connectivity index is 2.72. The van der Waals surface area contributed by atoms with E-state index in [1.807, 2.05) is 6.08 Å². The summed E-state index contributed by atoms with van der Waals surface area (Å²) < 4.78 is 0. The van der Waals surface area contributed by atoms with Gasteiger partial charge in [0.1, 0.15) is 0 Å². The third-order valence-electron chi connectivity index (χ3n) is 4.20. The topological polar surface area (TPSA) is 0 Å². The predicted octanol–water partition coefficient (Wildman–Crippen LogP) is 5.14. The number of rotatable bonds is 1. The highest BCUT2D eigenvalue weighted by atomic mass is 14.4. The molecule has 0 bridgehead atoms. The van der Waals surface area contributed by atoms with Crippen LogP contribution in [0.15, 0.2) is 71.4 Å². The van der Waals surface area contributed by atoms with Gasteiger partial charge in [-0.25, -0.2) is 0 Å². The molecule has 0 N–H and O–H groups in total. The molecule has 0 saturated heterocycles. The summed E-state index contributed by atoms with van der Waals surface area (Å²) in [5.41, 5.74) is 5.73. The van der Waals surface area contributed by atoms with Gasteiger partial charge in [-0.05, 0) is 36.1 Å². The fraction of sp³-hybridized carbons (Fsp3) is 0.333. The largest absolute Gasteiger partial charge is 0.0991 e. The van der Waals surface area contributed by atoms with Crippen LogP contribution in [-0.2, 0) is 0 Å². The average molecular weight is 238 g/mol. The van der Waals surface area contributed by atoms with Crippen LogP contribution in [0.4, 0.5) is 0 Å². The highest BCUT2D eigenvalue weighted by molar-refractivity contribution is 5.60. The summed E-state index contributed by atoms with van der Waals surface area (Å²) in [5, 5.41) is 0. The Kier molecular flexibility index (Phi) is 3.30. The molecular formula is C18H22. The van der Waals surface area contributed by atoms with Crippen molar-refractivity contribution < 1.29 is 0 Å². The van der Waals surface area contributed by atoms with Gasteiger partial charge in [0.25, 0.3) is 0 Å². The van der Waals surface area contributed by atoms with Gasteiger partial charge < -0.3 is 0 Å².